The van der Waals surface area contributed by atoms with E-state index in [0.29, 0.717) is 17.3 Å². The van der Waals surface area contributed by atoms with Gasteiger partial charge in [-0.1, -0.05) is 434 Å². The van der Waals surface area contributed by atoms with E-state index >= 15 is 0 Å². The van der Waals surface area contributed by atoms with Gasteiger partial charge in [0.05, 0.1) is 12.6 Å². The molecule has 0 N–H and O–H groups in total. The molecule has 3 heterocycles. The minimum Gasteiger partial charge on any atom is -0.652 e. The third-order valence-corrected chi connectivity index (χ3v) is 28.0. The predicted octanol–water partition coefficient (Wildman–Crippen LogP) is 32.4. The van der Waals surface area contributed by atoms with Crippen molar-refractivity contribution in [3.63, 3.8) is 0 Å². The SMILES string of the molecule is CC(C)c1ccc(-c2c3ccc(C(C)(C)C)cc3c(-c3ccccc3)c3c(-c4ccc(C(C)(C)C)cc4)c4ccc(C(C)(C)C)cc4c(-c4ccccc4)c23)cc1.[3H][B-].[C-]#[N+]/C(C#N)=C1C=C(/C=C/c2cc3c4c(c2)C(C)(C)CCN4CCC3(C)C)OC(C(C)(C)C)=C/1.[Rb+].c1ccc(-c2c3ccccc3c(-c3ccccc3)c3c(-c4ccccc4)c4ccccc4c(-c4ccccc4)c23)cc1. The zero-order valence-corrected chi connectivity index (χ0v) is 87.1. The summed E-state index contributed by atoms with van der Waals surface area (Å²) in [6.45, 7) is 50.7. The monoisotopic (exact) mass is 1830 g/mol. The molecule has 0 unspecified atom stereocenters. The average Bonchev–Trinajstić information content (AvgIpc) is 0.704. The molecule has 0 aromatic heterocycles. The van der Waals surface area contributed by atoms with E-state index in [1.807, 2.05) is 18.2 Å². The number of benzene rings is 17. The van der Waals surface area contributed by atoms with Gasteiger partial charge in [0, 0.05) is 24.2 Å². The standard InChI is InChI=1S/C57H58.C42H28.C30H35N3O.BH.Rb/c1-36(2)37-22-24-40(25-23-37)49-45-32-30-43(56(6,7)8)34-47(45)52(39-20-16-13-17-21-39)54-50(41-26-28-42(29-27-41)55(3,4)5)46-33-31-44(57(9,10)11)35-48(46)51(53(49)54)38-18-14-12-15-19-38;1-5-17-29(18-6-1)37-33-25-13-14-26-34(33)39(31-21-9-3-10-22-31)42-40(32-23-11-4-12-24-32)36-28-16-15-27-35(36)38(41(37)42)30-19-7-2-8-20-30;1-28(2,3)26-18-21(25(19-31)32-8)17-22(34-26)10-9-20-15-23-27-24(16-20)30(6,7)12-14-33(27)13-11-29(23,4)5;;/h12-36H,1-11H3;1-28H;9-10,15-18H,11-14H2,1-7H3;1H;/q;;;-1;+1/b;;10-9+,25-21-;;/i;;;1T;. The Bertz CT molecular complexity index is 7220. The van der Waals surface area contributed by atoms with Crippen LogP contribution in [0.15, 0.2) is 369 Å². The molecule has 0 saturated heterocycles. The fourth-order valence-corrected chi connectivity index (χ4v) is 20.5. The first-order valence-electron chi connectivity index (χ1n) is 48.1. The normalized spacial score (nSPS) is 14.5. The third kappa shape index (κ3) is 18.8. The largest absolute Gasteiger partial charge is 1.00 e. The van der Waals surface area contributed by atoms with Crippen LogP contribution in [0.5, 0.6) is 0 Å². The number of nitrogens with zero attached hydrogens (tertiary/aromatic N) is 3. The molecule has 0 saturated carbocycles. The van der Waals surface area contributed by atoms with Crippen molar-refractivity contribution >= 4 is 84.8 Å². The number of nitriles is 1. The summed E-state index contributed by atoms with van der Waals surface area (Å²) in [6, 6.07) is 124. The molecule has 3 radical (unpaired) electrons. The second-order valence-electron chi connectivity index (χ2n) is 42.4. The van der Waals surface area contributed by atoms with Crippen LogP contribution in [0.2, 0.25) is 0 Å². The Hall–Kier alpha value is -12.3. The Morgan fingerprint density at radius 3 is 0.963 bits per heavy atom. The first kappa shape index (κ1) is 94.5. The molecular formula is C129H122BN3ORb. The summed E-state index contributed by atoms with van der Waals surface area (Å²) >= 11 is 0. The van der Waals surface area contributed by atoms with Crippen LogP contribution in [0.3, 0.4) is 0 Å². The fraction of sp³-hybridized carbons (Fsp3) is 0.225. The topological polar surface area (TPSA) is 40.6 Å². The van der Waals surface area contributed by atoms with Gasteiger partial charge in [0.25, 0.3) is 5.70 Å². The smallest absolute Gasteiger partial charge is 0.652 e. The molecule has 0 atom stereocenters. The summed E-state index contributed by atoms with van der Waals surface area (Å²) in [5.41, 5.74) is 31.7. The summed E-state index contributed by atoms with van der Waals surface area (Å²) in [4.78, 5) is 5.99. The minimum atomic E-state index is -0.241. The van der Waals surface area contributed by atoms with Gasteiger partial charge in [-0.25, -0.2) is 10.1 Å². The summed E-state index contributed by atoms with van der Waals surface area (Å²) in [5, 5.41) is 24.8. The molecule has 3 aliphatic heterocycles. The molecule has 20 rings (SSSR count). The zero-order valence-electron chi connectivity index (χ0n) is 83.2. The third-order valence-electron chi connectivity index (χ3n) is 28.0. The number of hydrogen-bond donors (Lipinski definition) is 0. The number of allylic oxidation sites excluding steroid dienone is 6. The Morgan fingerprint density at radius 2 is 0.667 bits per heavy atom. The Labute approximate surface area is 853 Å². The molecule has 3 aliphatic rings. The van der Waals surface area contributed by atoms with Crippen molar-refractivity contribution in [2.24, 2.45) is 5.41 Å². The Morgan fingerprint density at radius 1 is 0.378 bits per heavy atom. The first-order chi connectivity index (χ1) is 64.8. The van der Waals surface area contributed by atoms with Crippen LogP contribution in [0.25, 0.3) is 165 Å². The maximum Gasteiger partial charge on any atom is 1.00 e. The van der Waals surface area contributed by atoms with Gasteiger partial charge in [0.15, 0.2) is 0 Å². The van der Waals surface area contributed by atoms with Crippen LogP contribution >= 0.6 is 0 Å². The van der Waals surface area contributed by atoms with Gasteiger partial charge in [-0.05, 0) is 286 Å². The quantitative estimate of drug-likeness (QED) is 0.0561. The van der Waals surface area contributed by atoms with Crippen molar-refractivity contribution in [2.45, 2.75) is 170 Å². The van der Waals surface area contributed by atoms with E-state index in [-0.39, 0.29) is 96.4 Å². The van der Waals surface area contributed by atoms with E-state index < -0.39 is 0 Å². The van der Waals surface area contributed by atoms with Gasteiger partial charge in [-0.2, -0.15) is 0 Å². The number of fused-ring (bicyclic) bond motifs is 6. The van der Waals surface area contributed by atoms with E-state index in [4.69, 9.17) is 12.6 Å². The second kappa shape index (κ2) is 38.5. The fourth-order valence-electron chi connectivity index (χ4n) is 20.5. The van der Waals surface area contributed by atoms with Crippen molar-refractivity contribution in [2.75, 3.05) is 18.0 Å². The van der Waals surface area contributed by atoms with Crippen LogP contribution in [0.4, 0.5) is 5.69 Å². The van der Waals surface area contributed by atoms with Crippen molar-refractivity contribution in [1.82, 2.24) is 0 Å². The summed E-state index contributed by atoms with van der Waals surface area (Å²) in [7, 11) is 3.75. The van der Waals surface area contributed by atoms with Gasteiger partial charge in [-0.15, -0.1) is 0 Å². The molecule has 663 valence electrons. The van der Waals surface area contributed by atoms with Crippen molar-refractivity contribution < 1.29 is 62.9 Å². The molecule has 0 amide bonds. The molecule has 6 heteroatoms. The maximum atomic E-state index is 9.41. The van der Waals surface area contributed by atoms with E-state index in [9.17, 15) is 5.26 Å². The van der Waals surface area contributed by atoms with Crippen molar-refractivity contribution in [1.29, 1.82) is 6.60 Å². The molecular weight excluding hydrogens is 1700 g/mol. The molecule has 135 heavy (non-hydrogen) atoms. The molecule has 0 bridgehead atoms. The number of hydrogen-bond acceptors (Lipinski definition) is 3. The van der Waals surface area contributed by atoms with Gasteiger partial charge in [-0.3, -0.25) is 0 Å². The van der Waals surface area contributed by atoms with Gasteiger partial charge >= 0.3 is 58.2 Å². The summed E-state index contributed by atoms with van der Waals surface area (Å²) < 4.78 is 11.5. The summed E-state index contributed by atoms with van der Waals surface area (Å²) in [5.74, 6) is 1.84. The molecule has 0 aliphatic carbocycles. The number of anilines is 1. The molecule has 17 aromatic rings. The van der Waals surface area contributed by atoms with Gasteiger partial charge in [0.1, 0.15) is 11.5 Å². The van der Waals surface area contributed by atoms with Crippen LogP contribution < -0.4 is 63.1 Å². The van der Waals surface area contributed by atoms with E-state index in [0.717, 1.165) is 37.3 Å². The van der Waals surface area contributed by atoms with Crippen molar-refractivity contribution in [3.8, 4) is 95.1 Å². The first-order valence-corrected chi connectivity index (χ1v) is 47.5. The number of rotatable bonds is 11. The van der Waals surface area contributed by atoms with Crippen molar-refractivity contribution in [3.05, 3.63) is 419 Å². The Kier molecular flexibility index (Phi) is 26.9. The zero-order chi connectivity index (χ0) is 95.2. The van der Waals surface area contributed by atoms with Gasteiger partial charge in [0.2, 0.25) is 0 Å². The molecule has 0 spiro atoms. The van der Waals surface area contributed by atoms with Crippen LogP contribution in [-0.2, 0) is 31.8 Å². The van der Waals surface area contributed by atoms with E-state index in [2.05, 4.69) is 476 Å². The van der Waals surface area contributed by atoms with Gasteiger partial charge < -0.3 is 19.3 Å². The van der Waals surface area contributed by atoms with Crippen LogP contribution in [0.1, 0.15) is 182 Å². The Balaban J connectivity index is 0.000000151. The van der Waals surface area contributed by atoms with E-state index in [1.165, 1.54) is 193 Å². The minimum absolute atomic E-state index is 0. The number of ether oxygens (including phenoxy) is 1. The second-order valence-corrected chi connectivity index (χ2v) is 42.4. The van der Waals surface area contributed by atoms with Crippen LogP contribution in [-0.4, -0.2) is 22.8 Å². The van der Waals surface area contributed by atoms with Crippen LogP contribution in [0, 0.1) is 23.3 Å². The predicted molar refractivity (Wildman–Crippen MR) is 578 cm³/mol. The average molecular weight is 1830 g/mol. The molecule has 4 nitrogen and oxygen atoms in total. The molecule has 17 aromatic carbocycles. The maximum absolute atomic E-state index is 9.41. The van der Waals surface area contributed by atoms with E-state index in [1.54, 1.807) is 6.08 Å². The molecule has 0 fully saturated rings. The summed E-state index contributed by atoms with van der Waals surface area (Å²) in [6.07, 6.45) is 9.99.